The molecular weight excluding hydrogens is 502 g/mol. The second-order valence-electron chi connectivity index (χ2n) is 10.4. The average Bonchev–Trinajstić information content (AvgIpc) is 2.84. The number of hydrogen-bond acceptors (Lipinski definition) is 6. The molecule has 3 amide bonds. The van der Waals surface area contributed by atoms with Crippen LogP contribution < -0.4 is 15.4 Å². The number of nitrogens with one attached hydrogen (secondary N) is 2. The molecule has 0 aromatic heterocycles. The average molecular weight is 544 g/mol. The second-order valence-corrected chi connectivity index (χ2v) is 11.3. The number of thioether (sulfide) groups is 1. The summed E-state index contributed by atoms with van der Waals surface area (Å²) in [6, 6.07) is 12.4. The molecule has 0 fully saturated rings. The molecule has 2 atom stereocenters. The Morgan fingerprint density at radius 3 is 2.11 bits per heavy atom. The maximum absolute atomic E-state index is 14.1. The number of hydrogen-bond donors (Lipinski definition) is 2. The molecule has 0 aliphatic rings. The zero-order valence-corrected chi connectivity index (χ0v) is 24.5. The highest BCUT2D eigenvalue weighted by atomic mass is 32.2. The van der Waals surface area contributed by atoms with Crippen LogP contribution in [0.4, 0.5) is 10.5 Å². The Bertz CT molecular complexity index is 1070. The number of carbonyl (C=O) groups excluding carboxylic acids is 3. The zero-order valence-electron chi connectivity index (χ0n) is 23.7. The number of carbonyl (C=O) groups is 3. The Balaban J connectivity index is 2.47. The van der Waals surface area contributed by atoms with Gasteiger partial charge in [0.2, 0.25) is 5.91 Å². The summed E-state index contributed by atoms with van der Waals surface area (Å²) in [6.07, 6.45) is 1.66. The first-order valence-electron chi connectivity index (χ1n) is 12.7. The van der Waals surface area contributed by atoms with E-state index in [1.165, 1.54) is 0 Å². The van der Waals surface area contributed by atoms with Crippen molar-refractivity contribution in [1.82, 2.24) is 10.2 Å². The van der Waals surface area contributed by atoms with Crippen LogP contribution in [0.5, 0.6) is 5.75 Å². The van der Waals surface area contributed by atoms with Crippen LogP contribution in [0.2, 0.25) is 0 Å². The third-order valence-corrected chi connectivity index (χ3v) is 6.33. The predicted octanol–water partition coefficient (Wildman–Crippen LogP) is 5.57. The molecule has 2 rings (SSSR count). The molecule has 0 bridgehead atoms. The SMILES string of the molecule is COc1ccc(NC(=O)C(c2ccc(C)cc2)N(C(=O)C(CCSC)NC(=O)OC(C)(C)C)C(C)C)cc1. The number of alkyl carbamates (subject to hydrolysis) is 1. The van der Waals surface area contributed by atoms with E-state index in [4.69, 9.17) is 9.47 Å². The van der Waals surface area contributed by atoms with Gasteiger partial charge in [-0.25, -0.2) is 4.79 Å². The Morgan fingerprint density at radius 2 is 1.61 bits per heavy atom. The quantitative estimate of drug-likeness (QED) is 0.385. The summed E-state index contributed by atoms with van der Waals surface area (Å²) in [5, 5.41) is 5.69. The summed E-state index contributed by atoms with van der Waals surface area (Å²) in [5.41, 5.74) is 1.58. The van der Waals surface area contributed by atoms with Crippen molar-refractivity contribution in [2.45, 2.75) is 71.7 Å². The van der Waals surface area contributed by atoms with Crippen LogP contribution in [0, 0.1) is 6.92 Å². The highest BCUT2D eigenvalue weighted by molar-refractivity contribution is 7.98. The lowest BCUT2D eigenvalue weighted by molar-refractivity contribution is -0.143. The Morgan fingerprint density at radius 1 is 1.00 bits per heavy atom. The number of benzene rings is 2. The largest absolute Gasteiger partial charge is 0.497 e. The van der Waals surface area contributed by atoms with Gasteiger partial charge in [0.15, 0.2) is 0 Å². The number of ether oxygens (including phenoxy) is 2. The number of methoxy groups -OCH3 is 1. The van der Waals surface area contributed by atoms with Gasteiger partial charge in [-0.05, 0) is 89.8 Å². The van der Waals surface area contributed by atoms with Crippen LogP contribution in [-0.2, 0) is 14.3 Å². The smallest absolute Gasteiger partial charge is 0.408 e. The lowest BCUT2D eigenvalue weighted by Gasteiger charge is -2.37. The van der Waals surface area contributed by atoms with E-state index < -0.39 is 23.8 Å². The summed E-state index contributed by atoms with van der Waals surface area (Å²) >= 11 is 1.57. The molecule has 2 N–H and O–H groups in total. The molecule has 0 radical (unpaired) electrons. The zero-order chi connectivity index (χ0) is 28.5. The lowest BCUT2D eigenvalue weighted by atomic mass is 9.99. The van der Waals surface area contributed by atoms with Gasteiger partial charge in [-0.3, -0.25) is 9.59 Å². The fraction of sp³-hybridized carbons (Fsp3) is 0.483. The van der Waals surface area contributed by atoms with E-state index in [0.29, 0.717) is 29.2 Å². The molecule has 208 valence electrons. The van der Waals surface area contributed by atoms with E-state index in [2.05, 4.69) is 10.6 Å². The van der Waals surface area contributed by atoms with Gasteiger partial charge in [0.25, 0.3) is 5.91 Å². The van der Waals surface area contributed by atoms with E-state index in [1.807, 2.05) is 51.3 Å². The van der Waals surface area contributed by atoms with Gasteiger partial charge < -0.3 is 25.0 Å². The predicted molar refractivity (Wildman–Crippen MR) is 154 cm³/mol. The molecule has 2 aromatic carbocycles. The van der Waals surface area contributed by atoms with Gasteiger partial charge in [0, 0.05) is 11.7 Å². The first-order valence-corrected chi connectivity index (χ1v) is 14.1. The Labute approximate surface area is 230 Å². The Kier molecular flexibility index (Phi) is 11.5. The van der Waals surface area contributed by atoms with Crippen molar-refractivity contribution in [3.63, 3.8) is 0 Å². The summed E-state index contributed by atoms with van der Waals surface area (Å²) in [6.45, 7) is 11.0. The van der Waals surface area contributed by atoms with Crippen molar-refractivity contribution >= 4 is 35.4 Å². The maximum atomic E-state index is 14.1. The van der Waals surface area contributed by atoms with Crippen molar-refractivity contribution in [2.24, 2.45) is 0 Å². The molecule has 8 nitrogen and oxygen atoms in total. The number of amides is 3. The van der Waals surface area contributed by atoms with Crippen molar-refractivity contribution in [3.05, 3.63) is 59.7 Å². The van der Waals surface area contributed by atoms with Crippen LogP contribution in [0.25, 0.3) is 0 Å². The number of anilines is 1. The van der Waals surface area contributed by atoms with Crippen molar-refractivity contribution in [2.75, 3.05) is 24.4 Å². The van der Waals surface area contributed by atoms with Gasteiger partial charge in [-0.2, -0.15) is 11.8 Å². The first-order chi connectivity index (χ1) is 17.9. The second kappa shape index (κ2) is 14.1. The minimum absolute atomic E-state index is 0.340. The number of nitrogens with zero attached hydrogens (tertiary/aromatic N) is 1. The lowest BCUT2D eigenvalue weighted by Crippen LogP contribution is -2.54. The van der Waals surface area contributed by atoms with Crippen LogP contribution in [-0.4, -0.2) is 59.6 Å². The molecular formula is C29H41N3O5S. The van der Waals surface area contributed by atoms with Crippen molar-refractivity contribution in [3.8, 4) is 5.75 Å². The number of rotatable bonds is 11. The monoisotopic (exact) mass is 543 g/mol. The molecule has 38 heavy (non-hydrogen) atoms. The standard InChI is InChI=1S/C29H41N3O5S/c1-19(2)32(27(34)24(17-18-38-8)31-28(35)37-29(4,5)6)25(21-11-9-20(3)10-12-21)26(33)30-22-13-15-23(36-7)16-14-22/h9-16,19,24-25H,17-18H2,1-8H3,(H,30,33)(H,31,35). The molecule has 0 saturated carbocycles. The van der Waals surface area contributed by atoms with Crippen molar-refractivity contribution in [1.29, 1.82) is 0 Å². The summed E-state index contributed by atoms with van der Waals surface area (Å²) in [5.74, 6) is 0.602. The summed E-state index contributed by atoms with van der Waals surface area (Å²) in [4.78, 5) is 42.0. The molecule has 9 heteroatoms. The van der Waals surface area contributed by atoms with Crippen LogP contribution in [0.1, 0.15) is 58.2 Å². The first kappa shape index (κ1) is 31.0. The summed E-state index contributed by atoms with van der Waals surface area (Å²) < 4.78 is 10.6. The van der Waals surface area contributed by atoms with E-state index in [9.17, 15) is 14.4 Å². The third kappa shape index (κ3) is 9.28. The molecule has 0 saturated heterocycles. The normalized spacial score (nSPS) is 12.9. The Hall–Kier alpha value is -3.20. The van der Waals surface area contributed by atoms with Crippen LogP contribution >= 0.6 is 11.8 Å². The topological polar surface area (TPSA) is 97.0 Å². The van der Waals surface area contributed by atoms with Crippen molar-refractivity contribution < 1.29 is 23.9 Å². The molecule has 0 aliphatic heterocycles. The third-order valence-electron chi connectivity index (χ3n) is 5.69. The number of aryl methyl sites for hydroxylation is 1. The van der Waals surface area contributed by atoms with Gasteiger partial charge in [0.1, 0.15) is 23.4 Å². The van der Waals surface area contributed by atoms with E-state index >= 15 is 0 Å². The highest BCUT2D eigenvalue weighted by Gasteiger charge is 2.37. The van der Waals surface area contributed by atoms with E-state index in [1.54, 1.807) is 68.8 Å². The fourth-order valence-corrected chi connectivity index (χ4v) is 4.35. The molecule has 2 aromatic rings. The van der Waals surface area contributed by atoms with E-state index in [0.717, 1.165) is 5.56 Å². The molecule has 0 spiro atoms. The van der Waals surface area contributed by atoms with Gasteiger partial charge in [0.05, 0.1) is 7.11 Å². The van der Waals surface area contributed by atoms with Crippen LogP contribution in [0.15, 0.2) is 48.5 Å². The molecule has 0 aliphatic carbocycles. The minimum Gasteiger partial charge on any atom is -0.497 e. The van der Waals surface area contributed by atoms with Gasteiger partial charge in [-0.1, -0.05) is 29.8 Å². The van der Waals surface area contributed by atoms with Crippen LogP contribution in [0.3, 0.4) is 0 Å². The van der Waals surface area contributed by atoms with Gasteiger partial charge >= 0.3 is 6.09 Å². The van der Waals surface area contributed by atoms with Gasteiger partial charge in [-0.15, -0.1) is 0 Å². The fourth-order valence-electron chi connectivity index (χ4n) is 3.87. The highest BCUT2D eigenvalue weighted by Crippen LogP contribution is 2.28. The minimum atomic E-state index is -0.928. The molecule has 0 heterocycles. The summed E-state index contributed by atoms with van der Waals surface area (Å²) in [7, 11) is 1.58. The maximum Gasteiger partial charge on any atom is 0.408 e. The van der Waals surface area contributed by atoms with E-state index in [-0.39, 0.29) is 17.9 Å². The molecule has 2 unspecified atom stereocenters.